The molecule has 1 rings (SSSR count). The number of thiazole rings is 1. The number of rotatable bonds is 6. The van der Waals surface area contributed by atoms with Crippen LogP contribution in [0.1, 0.15) is 58.7 Å². The van der Waals surface area contributed by atoms with Gasteiger partial charge in [-0.15, -0.1) is 11.3 Å². The highest BCUT2D eigenvalue weighted by Crippen LogP contribution is 2.24. The lowest BCUT2D eigenvalue weighted by molar-refractivity contribution is 0.453. The van der Waals surface area contributed by atoms with Crippen molar-refractivity contribution in [2.75, 3.05) is 6.54 Å². The lowest BCUT2D eigenvalue weighted by Crippen LogP contribution is -2.28. The fourth-order valence-corrected chi connectivity index (χ4v) is 2.72. The number of nitrogens with one attached hydrogen (secondary N) is 1. The summed E-state index contributed by atoms with van der Waals surface area (Å²) in [6, 6.07) is 0.583. The number of nitrogens with zero attached hydrogens (tertiary/aromatic N) is 1. The molecule has 2 nitrogen and oxygen atoms in total. The van der Waals surface area contributed by atoms with Crippen molar-refractivity contribution in [3.8, 4) is 0 Å². The molecule has 0 spiro atoms. The molecular weight excluding hydrogens is 240 g/mol. The van der Waals surface area contributed by atoms with E-state index in [1.54, 1.807) is 0 Å². The van der Waals surface area contributed by atoms with E-state index in [4.69, 9.17) is 4.98 Å². The van der Waals surface area contributed by atoms with Gasteiger partial charge in [-0.05, 0) is 25.3 Å². The molecule has 0 aliphatic carbocycles. The number of aromatic nitrogens is 1. The normalized spacial score (nSPS) is 14.2. The highest BCUT2D eigenvalue weighted by atomic mass is 32.1. The molecule has 1 unspecified atom stereocenters. The Kier molecular flexibility index (Phi) is 5.80. The molecule has 3 heteroatoms. The van der Waals surface area contributed by atoms with Gasteiger partial charge in [0.25, 0.3) is 0 Å². The highest BCUT2D eigenvalue weighted by Gasteiger charge is 2.17. The minimum absolute atomic E-state index is 0.180. The lowest BCUT2D eigenvalue weighted by Gasteiger charge is -2.15. The Balaban J connectivity index is 2.37. The fourth-order valence-electron chi connectivity index (χ4n) is 1.68. The van der Waals surface area contributed by atoms with Crippen LogP contribution in [-0.2, 0) is 11.8 Å². The predicted molar refractivity (Wildman–Crippen MR) is 81.4 cm³/mol. The first kappa shape index (κ1) is 15.6. The van der Waals surface area contributed by atoms with Crippen LogP contribution in [0.3, 0.4) is 0 Å². The van der Waals surface area contributed by atoms with Gasteiger partial charge in [-0.3, -0.25) is 0 Å². The van der Waals surface area contributed by atoms with Crippen molar-refractivity contribution in [2.24, 2.45) is 5.92 Å². The van der Waals surface area contributed by atoms with Crippen LogP contribution in [0.5, 0.6) is 0 Å². The summed E-state index contributed by atoms with van der Waals surface area (Å²) in [6.45, 7) is 14.5. The first-order chi connectivity index (χ1) is 8.29. The maximum absolute atomic E-state index is 4.75. The summed E-state index contributed by atoms with van der Waals surface area (Å²) in [7, 11) is 0. The van der Waals surface area contributed by atoms with Gasteiger partial charge in [0.15, 0.2) is 0 Å². The molecule has 0 aliphatic rings. The minimum Gasteiger partial charge on any atom is -0.314 e. The minimum atomic E-state index is 0.180. The van der Waals surface area contributed by atoms with Crippen LogP contribution >= 0.6 is 11.3 Å². The summed E-state index contributed by atoms with van der Waals surface area (Å²) < 4.78 is 0. The molecule has 0 amide bonds. The summed E-state index contributed by atoms with van der Waals surface area (Å²) in [6.07, 6.45) is 2.33. The SMILES string of the molecule is CC(CCc1nc(C(C)(C)C)cs1)CNC(C)C. The first-order valence-corrected chi connectivity index (χ1v) is 7.85. The van der Waals surface area contributed by atoms with E-state index in [-0.39, 0.29) is 5.41 Å². The third-order valence-corrected chi connectivity index (χ3v) is 3.95. The van der Waals surface area contributed by atoms with Crippen LogP contribution in [0, 0.1) is 5.92 Å². The van der Waals surface area contributed by atoms with E-state index in [1.165, 1.54) is 17.1 Å². The zero-order chi connectivity index (χ0) is 13.8. The molecule has 18 heavy (non-hydrogen) atoms. The van der Waals surface area contributed by atoms with Gasteiger partial charge in [-0.2, -0.15) is 0 Å². The van der Waals surface area contributed by atoms with Gasteiger partial charge < -0.3 is 5.32 Å². The Morgan fingerprint density at radius 1 is 1.28 bits per heavy atom. The molecule has 0 aromatic carbocycles. The average molecular weight is 268 g/mol. The van der Waals surface area contributed by atoms with Gasteiger partial charge in [0, 0.05) is 16.8 Å². The van der Waals surface area contributed by atoms with Crippen molar-refractivity contribution in [1.29, 1.82) is 0 Å². The number of hydrogen-bond donors (Lipinski definition) is 1. The Bertz CT molecular complexity index is 350. The molecule has 0 radical (unpaired) electrons. The lowest BCUT2D eigenvalue weighted by atomic mass is 9.93. The van der Waals surface area contributed by atoms with E-state index in [0.717, 1.165) is 18.9 Å². The summed E-state index contributed by atoms with van der Waals surface area (Å²) in [5, 5.41) is 7.00. The molecule has 1 atom stereocenters. The zero-order valence-corrected chi connectivity index (χ0v) is 13.5. The summed E-state index contributed by atoms with van der Waals surface area (Å²) in [5.74, 6) is 0.717. The fraction of sp³-hybridized carbons (Fsp3) is 0.800. The zero-order valence-electron chi connectivity index (χ0n) is 12.7. The van der Waals surface area contributed by atoms with Crippen molar-refractivity contribution in [1.82, 2.24) is 10.3 Å². The summed E-state index contributed by atoms with van der Waals surface area (Å²) in [5.41, 5.74) is 1.41. The molecule has 0 aliphatic heterocycles. The second kappa shape index (κ2) is 6.67. The van der Waals surface area contributed by atoms with Crippen LogP contribution in [0.4, 0.5) is 0 Å². The van der Waals surface area contributed by atoms with E-state index in [9.17, 15) is 0 Å². The van der Waals surface area contributed by atoms with Gasteiger partial charge in [0.1, 0.15) is 0 Å². The van der Waals surface area contributed by atoms with Crippen LogP contribution in [0.2, 0.25) is 0 Å². The maximum atomic E-state index is 4.75. The maximum Gasteiger partial charge on any atom is 0.0928 e. The van der Waals surface area contributed by atoms with E-state index in [2.05, 4.69) is 52.2 Å². The van der Waals surface area contributed by atoms with Crippen LogP contribution in [-0.4, -0.2) is 17.6 Å². The van der Waals surface area contributed by atoms with E-state index < -0.39 is 0 Å². The molecule has 0 bridgehead atoms. The molecule has 1 heterocycles. The number of hydrogen-bond acceptors (Lipinski definition) is 3. The Morgan fingerprint density at radius 2 is 1.94 bits per heavy atom. The van der Waals surface area contributed by atoms with Crippen molar-refractivity contribution in [3.05, 3.63) is 16.1 Å². The van der Waals surface area contributed by atoms with Gasteiger partial charge in [0.05, 0.1) is 10.7 Å². The quantitative estimate of drug-likeness (QED) is 0.843. The van der Waals surface area contributed by atoms with Gasteiger partial charge in [0.2, 0.25) is 0 Å². The van der Waals surface area contributed by atoms with Gasteiger partial charge in [-0.25, -0.2) is 4.98 Å². The predicted octanol–water partition coefficient (Wildman–Crippen LogP) is 4.01. The molecule has 0 saturated carbocycles. The number of aryl methyl sites for hydroxylation is 1. The molecule has 0 fully saturated rings. The molecule has 0 saturated heterocycles. The van der Waals surface area contributed by atoms with Crippen LogP contribution in [0.15, 0.2) is 5.38 Å². The van der Waals surface area contributed by atoms with Crippen LogP contribution < -0.4 is 5.32 Å². The molecular formula is C15H28N2S. The smallest absolute Gasteiger partial charge is 0.0928 e. The monoisotopic (exact) mass is 268 g/mol. The van der Waals surface area contributed by atoms with Crippen molar-refractivity contribution in [2.45, 2.75) is 65.8 Å². The second-order valence-corrected chi connectivity index (χ2v) is 7.53. The van der Waals surface area contributed by atoms with Crippen molar-refractivity contribution >= 4 is 11.3 Å². The molecule has 1 N–H and O–H groups in total. The highest BCUT2D eigenvalue weighted by molar-refractivity contribution is 7.09. The Hall–Kier alpha value is -0.410. The third-order valence-electron chi connectivity index (χ3n) is 3.05. The summed E-state index contributed by atoms with van der Waals surface area (Å²) in [4.78, 5) is 4.75. The molecule has 104 valence electrons. The third kappa shape index (κ3) is 5.49. The molecule has 1 aromatic heterocycles. The average Bonchev–Trinajstić information content (AvgIpc) is 2.71. The van der Waals surface area contributed by atoms with Crippen molar-refractivity contribution < 1.29 is 0 Å². The second-order valence-electron chi connectivity index (χ2n) is 6.58. The van der Waals surface area contributed by atoms with Gasteiger partial charge >= 0.3 is 0 Å². The standard InChI is InChI=1S/C15H28N2S/c1-11(2)16-9-12(3)7-8-14-17-13(10-18-14)15(4,5)6/h10-12,16H,7-9H2,1-6H3. The van der Waals surface area contributed by atoms with E-state index in [1.807, 2.05) is 11.3 Å². The Labute approximate surface area is 116 Å². The summed E-state index contributed by atoms with van der Waals surface area (Å²) >= 11 is 1.81. The van der Waals surface area contributed by atoms with Gasteiger partial charge in [-0.1, -0.05) is 41.5 Å². The molecule has 1 aromatic rings. The van der Waals surface area contributed by atoms with E-state index in [0.29, 0.717) is 6.04 Å². The van der Waals surface area contributed by atoms with E-state index >= 15 is 0 Å². The Morgan fingerprint density at radius 3 is 2.44 bits per heavy atom. The largest absolute Gasteiger partial charge is 0.314 e. The first-order valence-electron chi connectivity index (χ1n) is 6.97. The van der Waals surface area contributed by atoms with Crippen molar-refractivity contribution in [3.63, 3.8) is 0 Å². The topological polar surface area (TPSA) is 24.9 Å². The van der Waals surface area contributed by atoms with Crippen LogP contribution in [0.25, 0.3) is 0 Å².